The van der Waals surface area contributed by atoms with Crippen molar-refractivity contribution >= 4 is 18.4 Å². The molecule has 0 aromatic carbocycles. The van der Waals surface area contributed by atoms with Crippen LogP contribution in [0.2, 0.25) is 0 Å². The summed E-state index contributed by atoms with van der Waals surface area (Å²) < 4.78 is 9.59. The summed E-state index contributed by atoms with van der Waals surface area (Å²) in [5, 5.41) is 11.7. The number of carbonyl (C=O) groups excluding carboxylic acids is 2. The van der Waals surface area contributed by atoms with Crippen LogP contribution in [0.4, 0.5) is 10.6 Å². The third-order valence-electron chi connectivity index (χ3n) is 3.89. The highest BCUT2D eigenvalue weighted by Crippen LogP contribution is 2.18. The van der Waals surface area contributed by atoms with E-state index in [-0.39, 0.29) is 12.1 Å². The number of aromatic nitrogens is 2. The molecule has 8 heteroatoms. The molecule has 1 aliphatic rings. The summed E-state index contributed by atoms with van der Waals surface area (Å²) in [6, 6.07) is 2.17. The van der Waals surface area contributed by atoms with Crippen molar-refractivity contribution in [3.63, 3.8) is 0 Å². The number of anilines is 1. The number of nitrogens with one attached hydrogen (secondary N) is 1. The van der Waals surface area contributed by atoms with Crippen molar-refractivity contribution in [2.45, 2.75) is 66.0 Å². The number of carbonyl (C=O) groups is 2. The van der Waals surface area contributed by atoms with Crippen LogP contribution >= 0.6 is 0 Å². The Morgan fingerprint density at radius 2 is 2.07 bits per heavy atom. The number of hydrogen-bond acceptors (Lipinski definition) is 7. The zero-order chi connectivity index (χ0) is 20.4. The second kappa shape index (κ2) is 10.7. The van der Waals surface area contributed by atoms with E-state index >= 15 is 0 Å². The highest BCUT2D eigenvalue weighted by molar-refractivity contribution is 5.68. The molecule has 1 aliphatic heterocycles. The molecule has 0 bridgehead atoms. The van der Waals surface area contributed by atoms with Crippen molar-refractivity contribution in [1.82, 2.24) is 15.1 Å². The van der Waals surface area contributed by atoms with Crippen molar-refractivity contribution in [1.29, 1.82) is 0 Å². The van der Waals surface area contributed by atoms with Gasteiger partial charge in [0, 0.05) is 19.1 Å². The molecular weight excluding hydrogens is 348 g/mol. The number of aryl methyl sites for hydroxylation is 2. The zero-order valence-corrected chi connectivity index (χ0v) is 17.2. The zero-order valence-electron chi connectivity index (χ0n) is 17.2. The van der Waals surface area contributed by atoms with Crippen LogP contribution in [0.5, 0.6) is 0 Å². The van der Waals surface area contributed by atoms with Gasteiger partial charge in [0.05, 0.1) is 12.3 Å². The number of hydrogen-bond donors (Lipinski definition) is 1. The number of piperidine rings is 1. The van der Waals surface area contributed by atoms with Gasteiger partial charge in [-0.05, 0) is 66.0 Å². The number of nitrogens with zero attached hydrogens (tertiary/aromatic N) is 3. The number of amides is 1. The number of rotatable bonds is 4. The van der Waals surface area contributed by atoms with Crippen LogP contribution in [0.25, 0.3) is 0 Å². The maximum absolute atomic E-state index is 12.2. The quantitative estimate of drug-likeness (QED) is 0.802. The molecule has 1 atom stereocenters. The predicted octanol–water partition coefficient (Wildman–Crippen LogP) is 3.08. The Morgan fingerprint density at radius 1 is 1.37 bits per heavy atom. The van der Waals surface area contributed by atoms with Gasteiger partial charge in [-0.25, -0.2) is 4.79 Å². The fourth-order valence-corrected chi connectivity index (χ4v) is 2.48. The van der Waals surface area contributed by atoms with Crippen LogP contribution in [0.15, 0.2) is 6.07 Å². The lowest BCUT2D eigenvalue weighted by molar-refractivity contribution is -0.128. The minimum absolute atomic E-state index is 0.178. The van der Waals surface area contributed by atoms with E-state index in [1.54, 1.807) is 11.8 Å². The van der Waals surface area contributed by atoms with Gasteiger partial charge in [0.1, 0.15) is 11.4 Å². The predicted molar refractivity (Wildman–Crippen MR) is 104 cm³/mol. The van der Waals surface area contributed by atoms with E-state index in [1.807, 2.05) is 40.7 Å². The molecule has 2 rings (SSSR count). The van der Waals surface area contributed by atoms with Gasteiger partial charge in [-0.1, -0.05) is 0 Å². The van der Waals surface area contributed by atoms with E-state index in [0.29, 0.717) is 19.6 Å². The van der Waals surface area contributed by atoms with Gasteiger partial charge in [0.2, 0.25) is 0 Å². The van der Waals surface area contributed by atoms with Crippen LogP contribution in [-0.4, -0.2) is 59.0 Å². The van der Waals surface area contributed by atoms with E-state index in [0.717, 1.165) is 36.5 Å². The maximum Gasteiger partial charge on any atom is 0.410 e. The molecule has 1 amide bonds. The van der Waals surface area contributed by atoms with Crippen molar-refractivity contribution < 1.29 is 19.1 Å². The average molecular weight is 380 g/mol. The lowest BCUT2D eigenvalue weighted by Crippen LogP contribution is -2.47. The van der Waals surface area contributed by atoms with Crippen LogP contribution in [-0.2, 0) is 14.3 Å². The molecule has 1 aromatic heterocycles. The topological polar surface area (TPSA) is 93.7 Å². The summed E-state index contributed by atoms with van der Waals surface area (Å²) in [5.74, 6) is 0.763. The third-order valence-corrected chi connectivity index (χ3v) is 3.89. The standard InChI is InChI=1S/C16H26N4O2.C3H6O2/c1-11-9-14(19-18-12(11)2)17-13-7-6-8-20(10-13)15(21)22-16(3,4)5;1-2-5-3-4/h9,13H,6-8,10H2,1-5H3,(H,17,19);3H,2H2,1H3. The normalized spacial score (nSPS) is 16.7. The van der Waals surface area contributed by atoms with E-state index in [1.165, 1.54) is 0 Å². The summed E-state index contributed by atoms with van der Waals surface area (Å²) in [4.78, 5) is 23.1. The smallest absolute Gasteiger partial charge is 0.410 e. The van der Waals surface area contributed by atoms with Crippen molar-refractivity contribution in [2.24, 2.45) is 0 Å². The molecule has 2 heterocycles. The second-order valence-corrected chi connectivity index (χ2v) is 7.46. The molecule has 1 unspecified atom stereocenters. The lowest BCUT2D eigenvalue weighted by Gasteiger charge is -2.34. The summed E-state index contributed by atoms with van der Waals surface area (Å²) in [6.07, 6.45) is 1.72. The summed E-state index contributed by atoms with van der Waals surface area (Å²) in [7, 11) is 0. The molecule has 1 saturated heterocycles. The molecule has 0 spiro atoms. The molecule has 152 valence electrons. The SMILES string of the molecule is CCOC=O.Cc1cc(NC2CCCN(C(=O)OC(C)(C)C)C2)nnc1C. The van der Waals surface area contributed by atoms with Crippen LogP contribution in [0.3, 0.4) is 0 Å². The molecule has 1 fully saturated rings. The summed E-state index contributed by atoms with van der Waals surface area (Å²) >= 11 is 0. The molecule has 0 aliphatic carbocycles. The summed E-state index contributed by atoms with van der Waals surface area (Å²) in [5.41, 5.74) is 1.58. The van der Waals surface area contributed by atoms with E-state index < -0.39 is 5.60 Å². The highest BCUT2D eigenvalue weighted by Gasteiger charge is 2.27. The van der Waals surface area contributed by atoms with E-state index in [4.69, 9.17) is 4.74 Å². The molecule has 0 saturated carbocycles. The Hall–Kier alpha value is -2.38. The van der Waals surface area contributed by atoms with Crippen molar-refractivity contribution in [2.75, 3.05) is 25.0 Å². The van der Waals surface area contributed by atoms with Crippen LogP contribution in [0.1, 0.15) is 51.8 Å². The van der Waals surface area contributed by atoms with Gasteiger partial charge in [-0.2, -0.15) is 5.10 Å². The fraction of sp³-hybridized carbons (Fsp3) is 0.684. The maximum atomic E-state index is 12.2. The van der Waals surface area contributed by atoms with Crippen molar-refractivity contribution in [3.05, 3.63) is 17.3 Å². The third kappa shape index (κ3) is 8.70. The first-order valence-electron chi connectivity index (χ1n) is 9.27. The van der Waals surface area contributed by atoms with Crippen molar-refractivity contribution in [3.8, 4) is 0 Å². The molecule has 27 heavy (non-hydrogen) atoms. The van der Waals surface area contributed by atoms with E-state index in [9.17, 15) is 9.59 Å². The second-order valence-electron chi connectivity index (χ2n) is 7.46. The first-order valence-corrected chi connectivity index (χ1v) is 9.27. The Labute approximate surface area is 161 Å². The van der Waals surface area contributed by atoms with E-state index in [2.05, 4.69) is 20.3 Å². The molecule has 8 nitrogen and oxygen atoms in total. The van der Waals surface area contributed by atoms with Crippen LogP contribution in [0, 0.1) is 13.8 Å². The largest absolute Gasteiger partial charge is 0.468 e. The minimum Gasteiger partial charge on any atom is -0.468 e. The minimum atomic E-state index is -0.461. The molecule has 0 radical (unpaired) electrons. The Bertz CT molecular complexity index is 616. The molecule has 1 aromatic rings. The average Bonchev–Trinajstić information content (AvgIpc) is 2.58. The monoisotopic (exact) mass is 380 g/mol. The Kier molecular flexibility index (Phi) is 8.97. The van der Waals surface area contributed by atoms with Gasteiger partial charge in [-0.15, -0.1) is 5.10 Å². The van der Waals surface area contributed by atoms with Gasteiger partial charge >= 0.3 is 6.09 Å². The van der Waals surface area contributed by atoms with Gasteiger partial charge in [0.25, 0.3) is 6.47 Å². The number of likely N-dealkylation sites (tertiary alicyclic amines) is 1. The van der Waals surface area contributed by atoms with Gasteiger partial charge in [-0.3, -0.25) is 4.79 Å². The number of ether oxygens (including phenoxy) is 2. The molecular formula is C19H32N4O4. The highest BCUT2D eigenvalue weighted by atomic mass is 16.6. The Morgan fingerprint density at radius 3 is 2.59 bits per heavy atom. The Balaban J connectivity index is 0.000000646. The van der Waals surface area contributed by atoms with Crippen LogP contribution < -0.4 is 5.32 Å². The summed E-state index contributed by atoms with van der Waals surface area (Å²) in [6.45, 7) is 13.6. The van der Waals surface area contributed by atoms with Gasteiger partial charge < -0.3 is 19.7 Å². The molecule has 1 N–H and O–H groups in total. The first-order chi connectivity index (χ1) is 12.7. The first kappa shape index (κ1) is 22.7. The lowest BCUT2D eigenvalue weighted by atomic mass is 10.1. The fourth-order valence-electron chi connectivity index (χ4n) is 2.48. The van der Waals surface area contributed by atoms with Gasteiger partial charge in [0.15, 0.2) is 0 Å².